The largest absolute Gasteiger partial charge is 0.364 e. The molecule has 0 radical (unpaired) electrons. The normalized spacial score (nSPS) is 11.0. The van der Waals surface area contributed by atoms with Gasteiger partial charge < -0.3 is 33.7 Å². The summed E-state index contributed by atoms with van der Waals surface area (Å²) in [6.45, 7) is 19.4. The number of carbonyl (C=O) groups excluding carboxylic acids is 5. The Kier molecular flexibility index (Phi) is 25.9. The Balaban J connectivity index is 0.000000121. The molecule has 0 fully saturated rings. The number of aryl methyl sites for hydroxylation is 8. The lowest BCUT2D eigenvalue weighted by Gasteiger charge is -2.09. The molecule has 0 spiro atoms. The number of nitrogens with zero attached hydrogens (tertiary/aromatic N) is 19. The van der Waals surface area contributed by atoms with E-state index >= 15 is 0 Å². The molecule has 10 aromatic heterocycles. The molecule has 30 nitrogen and oxygen atoms in total. The molecule has 133 heavy (non-hydrogen) atoms. The molecule has 32 heteroatoms. The minimum atomic E-state index is -0.637. The molecule has 0 atom stereocenters. The molecule has 0 aliphatic heterocycles. The van der Waals surface area contributed by atoms with Crippen molar-refractivity contribution in [1.29, 1.82) is 0 Å². The van der Waals surface area contributed by atoms with Crippen LogP contribution in [0.4, 0.5) is 0 Å². The van der Waals surface area contributed by atoms with Gasteiger partial charge in [-0.3, -0.25) is 46.8 Å². The summed E-state index contributed by atoms with van der Waals surface area (Å²) in [5.74, 6) is 1.86. The molecule has 20 rings (SSSR count). The van der Waals surface area contributed by atoms with Gasteiger partial charge >= 0.3 is 0 Å². The third kappa shape index (κ3) is 19.0. The summed E-state index contributed by atoms with van der Waals surface area (Å²) in [4.78, 5) is 127. The van der Waals surface area contributed by atoms with Crippen LogP contribution in [-0.4, -0.2) is 133 Å². The van der Waals surface area contributed by atoms with E-state index in [4.69, 9.17) is 60.8 Å². The van der Waals surface area contributed by atoms with Gasteiger partial charge in [-0.05, 0) is 128 Å². The molecule has 0 aliphatic carbocycles. The maximum atomic E-state index is 12.2. The van der Waals surface area contributed by atoms with E-state index in [1.54, 1.807) is 10.6 Å². The van der Waals surface area contributed by atoms with E-state index in [2.05, 4.69) is 61.4 Å². The van der Waals surface area contributed by atoms with Crippen molar-refractivity contribution >= 4 is 109 Å². The summed E-state index contributed by atoms with van der Waals surface area (Å²) in [5, 5.41) is 0.698. The molecule has 10 aromatic carbocycles. The fourth-order valence-electron chi connectivity index (χ4n) is 14.7. The number of amides is 5. The van der Waals surface area contributed by atoms with Crippen molar-refractivity contribution in [2.45, 2.75) is 60.5 Å². The maximum Gasteiger partial charge on any atom is 0.269 e. The van der Waals surface area contributed by atoms with E-state index in [1.807, 2.05) is 347 Å². The lowest BCUT2D eigenvalue weighted by atomic mass is 10.1. The number of thioether (sulfide) groups is 1. The second kappa shape index (κ2) is 38.7. The van der Waals surface area contributed by atoms with Crippen LogP contribution < -0.4 is 28.7 Å². The second-order valence-electron chi connectivity index (χ2n) is 30.8. The van der Waals surface area contributed by atoms with Crippen LogP contribution in [0.2, 0.25) is 0 Å². The van der Waals surface area contributed by atoms with Crippen LogP contribution in [0.3, 0.4) is 0 Å². The summed E-state index contributed by atoms with van der Waals surface area (Å²) in [6, 6.07) is 87.6. The SMILES string of the molecule is C=CCSc1nc2c(C(N)=O)nc(-c3ccc(C)cc3)nc2n1-c1ccccc1.Cc1ccc(-c2nc(C(N)=O)c3[nH]c(=S)n(-c4ccccc4)c3n2)cc1.Cc1ccc(-c2nc(C(N)=O)c3nc(C)n(-c4ccccc4)c3n2)cc1.Cc1ccc(-c2nc(C(N)=O)c3nc(C)n(-c4ccccc4)c3n2)cc1.Cc1ccc(-c2nc(C(N)=O)c3nc(C)n(-c4ccccc4)c3n2)cc1. The summed E-state index contributed by atoms with van der Waals surface area (Å²) in [5.41, 5.74) is 47.5. The third-order valence-electron chi connectivity index (χ3n) is 21.2. The molecular formula is C101H85N25O5S2. The van der Waals surface area contributed by atoms with Gasteiger partial charge in [0.2, 0.25) is 0 Å². The van der Waals surface area contributed by atoms with Crippen molar-refractivity contribution in [3.05, 3.63) is 364 Å². The average Bonchev–Trinajstić information content (AvgIpc) is 1.59. The number of carbonyl (C=O) groups is 5. The van der Waals surface area contributed by atoms with E-state index in [0.29, 0.717) is 118 Å². The monoisotopic (exact) mass is 1790 g/mol. The van der Waals surface area contributed by atoms with Crippen molar-refractivity contribution in [3.8, 4) is 85.4 Å². The molecule has 656 valence electrons. The predicted octanol–water partition coefficient (Wildman–Crippen LogP) is 17.3. The van der Waals surface area contributed by atoms with E-state index in [9.17, 15) is 24.0 Å². The number of para-hydroxylation sites is 5. The molecular weight excluding hydrogens is 1710 g/mol. The van der Waals surface area contributed by atoms with Crippen LogP contribution in [0.1, 0.15) is 97.7 Å². The Hall–Kier alpha value is -17.4. The topological polar surface area (TPSA) is 436 Å². The van der Waals surface area contributed by atoms with Gasteiger partial charge in [0.05, 0.1) is 0 Å². The number of nitrogens with one attached hydrogen (secondary N) is 1. The number of imidazole rings is 5. The van der Waals surface area contributed by atoms with Crippen molar-refractivity contribution in [3.63, 3.8) is 0 Å². The fourth-order valence-corrected chi connectivity index (χ4v) is 15.7. The van der Waals surface area contributed by atoms with E-state index in [-0.39, 0.29) is 28.5 Å². The minimum Gasteiger partial charge on any atom is -0.364 e. The van der Waals surface area contributed by atoms with Gasteiger partial charge in [0.25, 0.3) is 29.5 Å². The maximum absolute atomic E-state index is 12.2. The minimum absolute atomic E-state index is 0.112. The number of aromatic nitrogens is 20. The Morgan fingerprint density at radius 3 is 0.774 bits per heavy atom. The number of aromatic amines is 1. The summed E-state index contributed by atoms with van der Waals surface area (Å²) >= 11 is 6.95. The zero-order valence-corrected chi connectivity index (χ0v) is 74.8. The van der Waals surface area contributed by atoms with Crippen LogP contribution in [0.5, 0.6) is 0 Å². The van der Waals surface area contributed by atoms with Crippen molar-refractivity contribution in [1.82, 2.24) is 97.6 Å². The summed E-state index contributed by atoms with van der Waals surface area (Å²) in [7, 11) is 0. The molecule has 5 amide bonds. The lowest BCUT2D eigenvalue weighted by Crippen LogP contribution is -2.15. The third-order valence-corrected chi connectivity index (χ3v) is 22.4. The number of hydrogen-bond donors (Lipinski definition) is 6. The number of H-pyrrole nitrogens is 1. The molecule has 0 aliphatic rings. The Morgan fingerprint density at radius 1 is 0.293 bits per heavy atom. The number of benzene rings is 10. The van der Waals surface area contributed by atoms with Crippen LogP contribution in [0.25, 0.3) is 141 Å². The quantitative estimate of drug-likeness (QED) is 0.0264. The van der Waals surface area contributed by atoms with Gasteiger partial charge in [-0.1, -0.05) is 258 Å². The molecule has 0 saturated carbocycles. The lowest BCUT2D eigenvalue weighted by molar-refractivity contribution is 0.0988. The van der Waals surface area contributed by atoms with E-state index in [1.165, 1.54) is 11.8 Å². The van der Waals surface area contributed by atoms with Crippen molar-refractivity contribution in [2.75, 3.05) is 5.75 Å². The van der Waals surface area contributed by atoms with Crippen LogP contribution in [-0.2, 0) is 0 Å². The van der Waals surface area contributed by atoms with Gasteiger partial charge in [-0.25, -0.2) is 69.8 Å². The van der Waals surface area contributed by atoms with Gasteiger partial charge in [0.15, 0.2) is 95.8 Å². The number of primary amides is 5. The van der Waals surface area contributed by atoms with Gasteiger partial charge in [0, 0.05) is 62.0 Å². The highest BCUT2D eigenvalue weighted by atomic mass is 32.2. The molecule has 20 aromatic rings. The molecule has 0 bridgehead atoms. The Labute approximate surface area is 770 Å². The van der Waals surface area contributed by atoms with E-state index in [0.717, 1.165) is 84.1 Å². The highest BCUT2D eigenvalue weighted by Gasteiger charge is 2.28. The fraction of sp³-hybridized carbons (Fsp3) is 0.0891. The zero-order valence-electron chi connectivity index (χ0n) is 73.2. The number of fused-ring (bicyclic) bond motifs is 5. The highest BCUT2D eigenvalue weighted by Crippen LogP contribution is 2.34. The van der Waals surface area contributed by atoms with E-state index < -0.39 is 29.5 Å². The smallest absolute Gasteiger partial charge is 0.269 e. The Bertz CT molecular complexity index is 7450. The zero-order chi connectivity index (χ0) is 93.4. The standard InChI is InChI=1S/C22H19N5OS.3C20H17N5O.C19H15N5OS/c1-3-13-29-22-25-18-17(19(23)28)24-20(15-11-9-14(2)10-12-15)26-21(18)27(22)16-7-5-4-6-8-16;3*1-12-8-10-14(11-9-12)19-23-16(18(21)26)17-20(24-19)25(13(2)22-17)15-6-4-3-5-7-15;1-11-7-9-12(10-8-11)17-21-14(16(20)25)15-18(23-17)24(19(26)22-15)13-5-3-2-4-6-13/h3-12H,1,13H2,2H3,(H2,23,28);3*3-11H,1-2H3,(H2,21,26);2-10H,1H3,(H2,20,25)(H,22,26). The molecule has 11 N–H and O–H groups in total. The molecule has 10 heterocycles. The van der Waals surface area contributed by atoms with Crippen molar-refractivity contribution in [2.24, 2.45) is 28.7 Å². The first-order valence-electron chi connectivity index (χ1n) is 41.8. The second-order valence-corrected chi connectivity index (χ2v) is 32.1. The summed E-state index contributed by atoms with van der Waals surface area (Å²) < 4.78 is 9.83. The first kappa shape index (κ1) is 89.0. The van der Waals surface area contributed by atoms with Gasteiger partial charge in [-0.2, -0.15) is 0 Å². The number of rotatable bonds is 18. The molecule has 0 unspecified atom stereocenters. The van der Waals surface area contributed by atoms with Crippen LogP contribution >= 0.6 is 24.0 Å². The van der Waals surface area contributed by atoms with Gasteiger partial charge in [0.1, 0.15) is 45.1 Å². The van der Waals surface area contributed by atoms with Crippen molar-refractivity contribution < 1.29 is 24.0 Å². The Morgan fingerprint density at radius 2 is 0.519 bits per heavy atom. The number of hydrogen-bond acceptors (Lipinski definition) is 21. The molecule has 0 saturated heterocycles. The first-order valence-corrected chi connectivity index (χ1v) is 43.1. The number of nitrogens with two attached hydrogens (primary N) is 5. The summed E-state index contributed by atoms with van der Waals surface area (Å²) in [6.07, 6.45) is 1.80. The average molecular weight is 1790 g/mol. The van der Waals surface area contributed by atoms with Gasteiger partial charge in [-0.15, -0.1) is 6.58 Å². The first-order chi connectivity index (χ1) is 64.2. The predicted molar refractivity (Wildman–Crippen MR) is 519 cm³/mol. The van der Waals surface area contributed by atoms with Crippen LogP contribution in [0, 0.1) is 60.2 Å². The van der Waals surface area contributed by atoms with Crippen LogP contribution in [0.15, 0.2) is 291 Å². The highest BCUT2D eigenvalue weighted by molar-refractivity contribution is 7.99.